The van der Waals surface area contributed by atoms with E-state index in [1.807, 2.05) is 24.3 Å². The number of benzene rings is 1. The molecule has 1 aliphatic carbocycles. The maximum Gasteiger partial charge on any atom is 0.325 e. The Balaban J connectivity index is 2.02. The molecule has 2 aliphatic rings. The molecule has 19 heavy (non-hydrogen) atoms. The van der Waals surface area contributed by atoms with Crippen molar-refractivity contribution < 1.29 is 19.5 Å². The molecule has 6 heteroatoms. The van der Waals surface area contributed by atoms with Crippen molar-refractivity contribution in [1.29, 1.82) is 0 Å². The third kappa shape index (κ3) is 1.53. The molecule has 1 saturated heterocycles. The number of carbonyl (C=O) groups excluding carboxylic acids is 2. The van der Waals surface area contributed by atoms with Gasteiger partial charge in [-0.3, -0.25) is 14.5 Å². The summed E-state index contributed by atoms with van der Waals surface area (Å²) in [7, 11) is 0. The third-order valence-electron chi connectivity index (χ3n) is 3.72. The van der Waals surface area contributed by atoms with Crippen LogP contribution in [0.4, 0.5) is 4.79 Å². The van der Waals surface area contributed by atoms with E-state index in [9.17, 15) is 14.4 Å². The number of nitrogens with one attached hydrogen (secondary N) is 1. The molecule has 0 unspecified atom stereocenters. The first kappa shape index (κ1) is 11.7. The maximum atomic E-state index is 12.4. The number of rotatable bonds is 2. The quantitative estimate of drug-likeness (QED) is 0.756. The highest BCUT2D eigenvalue weighted by molar-refractivity contribution is 6.09. The van der Waals surface area contributed by atoms with Gasteiger partial charge >= 0.3 is 12.0 Å². The molecule has 0 saturated carbocycles. The van der Waals surface area contributed by atoms with E-state index in [2.05, 4.69) is 5.32 Å². The van der Waals surface area contributed by atoms with Crippen LogP contribution in [-0.2, 0) is 21.5 Å². The van der Waals surface area contributed by atoms with Gasteiger partial charge in [0.2, 0.25) is 0 Å². The van der Waals surface area contributed by atoms with Crippen LogP contribution in [0.15, 0.2) is 24.3 Å². The monoisotopic (exact) mass is 260 g/mol. The van der Waals surface area contributed by atoms with Crippen LogP contribution in [0.5, 0.6) is 0 Å². The van der Waals surface area contributed by atoms with E-state index < -0.39 is 30.0 Å². The molecule has 0 bridgehead atoms. The number of urea groups is 1. The summed E-state index contributed by atoms with van der Waals surface area (Å²) in [5.41, 5.74) is 0.734. The fourth-order valence-corrected chi connectivity index (χ4v) is 2.87. The highest BCUT2D eigenvalue weighted by Gasteiger charge is 2.55. The number of hydrogen-bond acceptors (Lipinski definition) is 3. The lowest BCUT2D eigenvalue weighted by atomic mass is 9.92. The second-order valence-electron chi connectivity index (χ2n) is 4.78. The van der Waals surface area contributed by atoms with Gasteiger partial charge in [0.25, 0.3) is 5.91 Å². The SMILES string of the molecule is O=C(O)CN1C(=O)N[C@@]2(CCc3ccccc32)C1=O. The van der Waals surface area contributed by atoms with Crippen molar-refractivity contribution in [1.82, 2.24) is 10.2 Å². The van der Waals surface area contributed by atoms with E-state index in [4.69, 9.17) is 5.11 Å². The maximum absolute atomic E-state index is 12.4. The Bertz CT molecular complexity index is 598. The molecule has 3 amide bonds. The van der Waals surface area contributed by atoms with Crippen molar-refractivity contribution in [2.24, 2.45) is 0 Å². The van der Waals surface area contributed by atoms with Gasteiger partial charge in [-0.2, -0.15) is 0 Å². The van der Waals surface area contributed by atoms with E-state index in [1.165, 1.54) is 0 Å². The zero-order valence-electron chi connectivity index (χ0n) is 10.0. The minimum Gasteiger partial charge on any atom is -0.480 e. The third-order valence-corrected chi connectivity index (χ3v) is 3.72. The lowest BCUT2D eigenvalue weighted by Crippen LogP contribution is -2.42. The van der Waals surface area contributed by atoms with Crippen molar-refractivity contribution in [3.8, 4) is 0 Å². The second-order valence-corrected chi connectivity index (χ2v) is 4.78. The van der Waals surface area contributed by atoms with Gasteiger partial charge in [0.1, 0.15) is 12.1 Å². The molecule has 1 fully saturated rings. The molecule has 6 nitrogen and oxygen atoms in total. The number of hydrogen-bond donors (Lipinski definition) is 2. The zero-order valence-corrected chi connectivity index (χ0v) is 10.0. The largest absolute Gasteiger partial charge is 0.480 e. The highest BCUT2D eigenvalue weighted by Crippen LogP contribution is 2.41. The predicted molar refractivity (Wildman–Crippen MR) is 64.3 cm³/mol. The summed E-state index contributed by atoms with van der Waals surface area (Å²) in [6.45, 7) is -0.603. The summed E-state index contributed by atoms with van der Waals surface area (Å²) in [5, 5.41) is 11.4. The molecule has 0 aromatic heterocycles. The number of carbonyl (C=O) groups is 3. The molecule has 1 atom stereocenters. The first-order valence-corrected chi connectivity index (χ1v) is 5.99. The Hall–Kier alpha value is -2.37. The molecule has 1 aliphatic heterocycles. The number of nitrogens with zero attached hydrogens (tertiary/aromatic N) is 1. The van der Waals surface area contributed by atoms with E-state index in [0.29, 0.717) is 12.8 Å². The lowest BCUT2D eigenvalue weighted by molar-refractivity contribution is -0.142. The smallest absolute Gasteiger partial charge is 0.325 e. The van der Waals surface area contributed by atoms with Gasteiger partial charge in [-0.15, -0.1) is 0 Å². The van der Waals surface area contributed by atoms with Crippen LogP contribution in [0.2, 0.25) is 0 Å². The average molecular weight is 260 g/mol. The molecule has 2 N–H and O–H groups in total. The first-order chi connectivity index (χ1) is 9.04. The van der Waals surface area contributed by atoms with Gasteiger partial charge in [0, 0.05) is 0 Å². The Labute approximate surface area is 109 Å². The van der Waals surface area contributed by atoms with E-state index in [0.717, 1.165) is 16.0 Å². The fourth-order valence-electron chi connectivity index (χ4n) is 2.87. The van der Waals surface area contributed by atoms with Gasteiger partial charge in [-0.25, -0.2) is 4.79 Å². The molecule has 1 aromatic carbocycles. The number of aryl methyl sites for hydroxylation is 1. The van der Waals surface area contributed by atoms with Crippen molar-refractivity contribution in [2.75, 3.05) is 6.54 Å². The van der Waals surface area contributed by atoms with Crippen LogP contribution in [0.1, 0.15) is 17.5 Å². The van der Waals surface area contributed by atoms with Crippen molar-refractivity contribution >= 4 is 17.9 Å². The average Bonchev–Trinajstić information content (AvgIpc) is 2.85. The minimum absolute atomic E-state index is 0.468. The summed E-state index contributed by atoms with van der Waals surface area (Å²) >= 11 is 0. The molecule has 3 rings (SSSR count). The summed E-state index contributed by atoms with van der Waals surface area (Å²) in [6, 6.07) is 6.79. The molecule has 1 spiro atoms. The van der Waals surface area contributed by atoms with Gasteiger partial charge in [0.15, 0.2) is 0 Å². The molecule has 1 aromatic rings. The van der Waals surface area contributed by atoms with Crippen LogP contribution >= 0.6 is 0 Å². The zero-order chi connectivity index (χ0) is 13.6. The van der Waals surface area contributed by atoms with Crippen LogP contribution < -0.4 is 5.32 Å². The summed E-state index contributed by atoms with van der Waals surface area (Å²) in [5.74, 6) is -1.67. The number of carboxylic acid groups (broad SMARTS) is 1. The lowest BCUT2D eigenvalue weighted by Gasteiger charge is -2.21. The summed E-state index contributed by atoms with van der Waals surface area (Å²) in [4.78, 5) is 35.7. The van der Waals surface area contributed by atoms with Gasteiger partial charge in [-0.1, -0.05) is 24.3 Å². The summed E-state index contributed by atoms with van der Waals surface area (Å²) in [6.07, 6.45) is 1.18. The fraction of sp³-hybridized carbons (Fsp3) is 0.308. The number of aliphatic carboxylic acids is 1. The molecular formula is C13H12N2O4. The molecule has 0 radical (unpaired) electrons. The standard InChI is InChI=1S/C13H12N2O4/c16-10(17)7-15-11(18)13(14-12(15)19)6-5-8-3-1-2-4-9(8)13/h1-4H,5-7H2,(H,14,19)(H,16,17)/t13-/m1/s1. The number of fused-ring (bicyclic) bond motifs is 2. The number of carboxylic acids is 1. The van der Waals surface area contributed by atoms with Gasteiger partial charge in [-0.05, 0) is 24.0 Å². The topological polar surface area (TPSA) is 86.7 Å². The second kappa shape index (κ2) is 3.81. The van der Waals surface area contributed by atoms with E-state index >= 15 is 0 Å². The van der Waals surface area contributed by atoms with E-state index in [1.54, 1.807) is 0 Å². The normalized spacial score (nSPS) is 24.7. The summed E-state index contributed by atoms with van der Waals surface area (Å²) < 4.78 is 0. The van der Waals surface area contributed by atoms with Gasteiger partial charge < -0.3 is 10.4 Å². The van der Waals surface area contributed by atoms with Crippen molar-refractivity contribution in [3.63, 3.8) is 0 Å². The van der Waals surface area contributed by atoms with Crippen LogP contribution in [0.25, 0.3) is 0 Å². The Morgan fingerprint density at radius 2 is 2.11 bits per heavy atom. The predicted octanol–water partition coefficient (Wildman–Crippen LogP) is 0.464. The molecule has 1 heterocycles. The number of amides is 3. The Morgan fingerprint density at radius 3 is 2.84 bits per heavy atom. The van der Waals surface area contributed by atoms with Crippen molar-refractivity contribution in [3.05, 3.63) is 35.4 Å². The Morgan fingerprint density at radius 1 is 1.37 bits per heavy atom. The first-order valence-electron chi connectivity index (χ1n) is 5.99. The molecule has 98 valence electrons. The van der Waals surface area contributed by atoms with Crippen LogP contribution in [0.3, 0.4) is 0 Å². The number of imide groups is 1. The minimum atomic E-state index is -1.20. The van der Waals surface area contributed by atoms with Crippen molar-refractivity contribution in [2.45, 2.75) is 18.4 Å². The van der Waals surface area contributed by atoms with Crippen LogP contribution in [-0.4, -0.2) is 34.5 Å². The molecular weight excluding hydrogens is 248 g/mol. The van der Waals surface area contributed by atoms with Gasteiger partial charge in [0.05, 0.1) is 0 Å². The van der Waals surface area contributed by atoms with Crippen LogP contribution in [0, 0.1) is 0 Å². The highest BCUT2D eigenvalue weighted by atomic mass is 16.4. The Kier molecular flexibility index (Phi) is 2.35. The van der Waals surface area contributed by atoms with E-state index in [-0.39, 0.29) is 0 Å².